The highest BCUT2D eigenvalue weighted by molar-refractivity contribution is 5.94. The van der Waals surface area contributed by atoms with Gasteiger partial charge in [0.05, 0.1) is 23.8 Å². The van der Waals surface area contributed by atoms with Gasteiger partial charge in [-0.15, -0.1) is 0 Å². The maximum atomic E-state index is 12.9. The number of aromatic nitrogens is 2. The number of amides is 1. The molecule has 1 unspecified atom stereocenters. The van der Waals surface area contributed by atoms with Crippen molar-refractivity contribution in [1.82, 2.24) is 15.1 Å². The first-order valence-corrected chi connectivity index (χ1v) is 10.5. The number of nitrogens with one attached hydrogen (secondary N) is 1. The minimum absolute atomic E-state index is 0.0133. The molecule has 0 radical (unpaired) electrons. The third-order valence-corrected chi connectivity index (χ3v) is 5.38. The summed E-state index contributed by atoms with van der Waals surface area (Å²) in [5.74, 6) is 0.532. The van der Waals surface area contributed by atoms with Crippen molar-refractivity contribution in [3.8, 4) is 23.1 Å². The lowest BCUT2D eigenvalue weighted by Gasteiger charge is -2.10. The summed E-state index contributed by atoms with van der Waals surface area (Å²) in [6, 6.07) is 13.1. The Bertz CT molecular complexity index is 1150. The highest BCUT2D eigenvalue weighted by Crippen LogP contribution is 2.35. The van der Waals surface area contributed by atoms with E-state index in [-0.39, 0.29) is 35.0 Å². The largest absolute Gasteiger partial charge is 0.497 e. The van der Waals surface area contributed by atoms with Crippen LogP contribution < -0.4 is 14.8 Å². The van der Waals surface area contributed by atoms with Crippen LogP contribution in [0.4, 0.5) is 5.69 Å². The van der Waals surface area contributed by atoms with Crippen molar-refractivity contribution in [2.75, 3.05) is 20.3 Å². The van der Waals surface area contributed by atoms with Gasteiger partial charge in [0.15, 0.2) is 5.69 Å². The van der Waals surface area contributed by atoms with Gasteiger partial charge in [0.2, 0.25) is 11.6 Å². The molecule has 1 N–H and O–H groups in total. The molecule has 10 nitrogen and oxygen atoms in total. The predicted molar refractivity (Wildman–Crippen MR) is 119 cm³/mol. The Kier molecular flexibility index (Phi) is 6.55. The molecule has 1 atom stereocenters. The lowest BCUT2D eigenvalue weighted by molar-refractivity contribution is -0.385. The highest BCUT2D eigenvalue weighted by atomic mass is 16.6. The average Bonchev–Trinajstić information content (AvgIpc) is 3.46. The second kappa shape index (κ2) is 9.70. The fourth-order valence-corrected chi connectivity index (χ4v) is 3.61. The number of carbonyl (C=O) groups excluding carboxylic acids is 1. The zero-order chi connectivity index (χ0) is 23.4. The third kappa shape index (κ3) is 4.80. The van der Waals surface area contributed by atoms with E-state index in [2.05, 4.69) is 10.4 Å². The Morgan fingerprint density at radius 2 is 2.03 bits per heavy atom. The van der Waals surface area contributed by atoms with E-state index in [4.69, 9.17) is 14.2 Å². The van der Waals surface area contributed by atoms with Crippen molar-refractivity contribution >= 4 is 11.6 Å². The van der Waals surface area contributed by atoms with E-state index >= 15 is 0 Å². The van der Waals surface area contributed by atoms with Crippen molar-refractivity contribution < 1.29 is 23.9 Å². The maximum Gasteiger partial charge on any atom is 0.311 e. The number of para-hydroxylation sites is 2. The van der Waals surface area contributed by atoms with Gasteiger partial charge in [0.1, 0.15) is 5.75 Å². The van der Waals surface area contributed by atoms with Gasteiger partial charge in [-0.25, -0.2) is 0 Å². The summed E-state index contributed by atoms with van der Waals surface area (Å²) >= 11 is 0. The molecule has 0 saturated carbocycles. The monoisotopic (exact) mass is 452 g/mol. The molecule has 1 aromatic heterocycles. The average molecular weight is 452 g/mol. The van der Waals surface area contributed by atoms with Crippen LogP contribution in [0.1, 0.15) is 28.9 Å². The van der Waals surface area contributed by atoms with Gasteiger partial charge < -0.3 is 19.5 Å². The summed E-state index contributed by atoms with van der Waals surface area (Å²) in [6.07, 6.45) is 1.85. The fraction of sp³-hybridized carbons (Fsp3) is 0.304. The Labute approximate surface area is 190 Å². The van der Waals surface area contributed by atoms with Gasteiger partial charge in [-0.05, 0) is 50.1 Å². The summed E-state index contributed by atoms with van der Waals surface area (Å²) in [5.41, 5.74) is 1.03. The molecule has 10 heteroatoms. The molecule has 33 heavy (non-hydrogen) atoms. The Balaban J connectivity index is 1.71. The molecule has 3 aromatic rings. The van der Waals surface area contributed by atoms with Crippen LogP contribution >= 0.6 is 0 Å². The summed E-state index contributed by atoms with van der Waals surface area (Å²) < 4.78 is 18.2. The number of ether oxygens (including phenoxy) is 3. The predicted octanol–water partition coefficient (Wildman–Crippen LogP) is 3.80. The smallest absolute Gasteiger partial charge is 0.311 e. The summed E-state index contributed by atoms with van der Waals surface area (Å²) in [6.45, 7) is 2.77. The molecule has 172 valence electrons. The van der Waals surface area contributed by atoms with E-state index in [1.165, 1.54) is 16.8 Å². The number of rotatable bonds is 8. The summed E-state index contributed by atoms with van der Waals surface area (Å²) in [7, 11) is 1.56. The minimum atomic E-state index is -0.520. The number of nitro benzene ring substituents is 1. The first kappa shape index (κ1) is 22.3. The normalized spacial score (nSPS) is 15.3. The number of hydrogen-bond acceptors (Lipinski definition) is 7. The van der Waals surface area contributed by atoms with Crippen molar-refractivity contribution in [2.24, 2.45) is 0 Å². The number of nitro groups is 1. The van der Waals surface area contributed by atoms with Crippen LogP contribution in [0.25, 0.3) is 5.69 Å². The number of carbonyl (C=O) groups is 1. The van der Waals surface area contributed by atoms with E-state index in [0.29, 0.717) is 30.2 Å². The molecule has 1 aliphatic rings. The minimum Gasteiger partial charge on any atom is -0.497 e. The Hall–Kier alpha value is -3.92. The molecule has 0 spiro atoms. The Morgan fingerprint density at radius 1 is 1.27 bits per heavy atom. The molecular formula is C23H24N4O6. The van der Waals surface area contributed by atoms with Crippen LogP contribution in [-0.2, 0) is 4.74 Å². The molecule has 0 bridgehead atoms. The van der Waals surface area contributed by atoms with Gasteiger partial charge in [0.25, 0.3) is 5.91 Å². The standard InChI is InChI=1S/C23H24N4O6/c1-15-21(22(28)24-14-18-6-5-13-32-18)25-26(16-9-11-17(31-2)12-10-16)23(15)33-20-8-4-3-7-19(20)27(29)30/h3-4,7-12,18H,5-6,13-14H2,1-2H3,(H,24,28). The Morgan fingerprint density at radius 3 is 2.70 bits per heavy atom. The zero-order valence-corrected chi connectivity index (χ0v) is 18.3. The first-order chi connectivity index (χ1) is 16.0. The van der Waals surface area contributed by atoms with Crippen molar-refractivity contribution in [3.63, 3.8) is 0 Å². The van der Waals surface area contributed by atoms with Crippen molar-refractivity contribution in [3.05, 3.63) is 69.9 Å². The van der Waals surface area contributed by atoms with Crippen LogP contribution in [-0.4, -0.2) is 47.0 Å². The molecule has 2 aromatic carbocycles. The molecule has 4 rings (SSSR count). The van der Waals surface area contributed by atoms with E-state index in [1.807, 2.05) is 0 Å². The van der Waals surface area contributed by atoms with E-state index in [9.17, 15) is 14.9 Å². The fourth-order valence-electron chi connectivity index (χ4n) is 3.61. The first-order valence-electron chi connectivity index (χ1n) is 10.5. The molecule has 1 saturated heterocycles. The van der Waals surface area contributed by atoms with E-state index < -0.39 is 4.92 Å². The topological polar surface area (TPSA) is 118 Å². The molecule has 1 aliphatic heterocycles. The summed E-state index contributed by atoms with van der Waals surface area (Å²) in [5, 5.41) is 18.8. The van der Waals surface area contributed by atoms with Crippen LogP contribution in [0.15, 0.2) is 48.5 Å². The van der Waals surface area contributed by atoms with Crippen molar-refractivity contribution in [2.45, 2.75) is 25.9 Å². The number of benzene rings is 2. The van der Waals surface area contributed by atoms with Gasteiger partial charge in [-0.3, -0.25) is 14.9 Å². The number of nitrogens with zero attached hydrogens (tertiary/aromatic N) is 3. The van der Waals surface area contributed by atoms with Gasteiger partial charge in [-0.1, -0.05) is 12.1 Å². The molecular weight excluding hydrogens is 428 g/mol. The molecule has 1 fully saturated rings. The maximum absolute atomic E-state index is 12.9. The number of methoxy groups -OCH3 is 1. The second-order valence-electron chi connectivity index (χ2n) is 7.56. The van der Waals surface area contributed by atoms with Gasteiger partial charge in [0, 0.05) is 24.8 Å². The lowest BCUT2D eigenvalue weighted by atomic mass is 10.2. The van der Waals surface area contributed by atoms with Crippen LogP contribution in [0.2, 0.25) is 0 Å². The third-order valence-electron chi connectivity index (χ3n) is 5.38. The zero-order valence-electron chi connectivity index (χ0n) is 18.3. The van der Waals surface area contributed by atoms with Crippen LogP contribution in [0.3, 0.4) is 0 Å². The summed E-state index contributed by atoms with van der Waals surface area (Å²) in [4.78, 5) is 23.9. The molecule has 1 amide bonds. The van der Waals surface area contributed by atoms with E-state index in [1.54, 1.807) is 50.4 Å². The van der Waals surface area contributed by atoms with E-state index in [0.717, 1.165) is 12.8 Å². The van der Waals surface area contributed by atoms with Crippen LogP contribution in [0.5, 0.6) is 17.4 Å². The molecule has 2 heterocycles. The quantitative estimate of drug-likeness (QED) is 0.408. The van der Waals surface area contributed by atoms with Crippen LogP contribution in [0, 0.1) is 17.0 Å². The second-order valence-corrected chi connectivity index (χ2v) is 7.56. The lowest BCUT2D eigenvalue weighted by Crippen LogP contribution is -2.32. The number of hydrogen-bond donors (Lipinski definition) is 1. The van der Waals surface area contributed by atoms with Crippen molar-refractivity contribution in [1.29, 1.82) is 0 Å². The van der Waals surface area contributed by atoms with Gasteiger partial charge >= 0.3 is 5.69 Å². The SMILES string of the molecule is COc1ccc(-n2nc(C(=O)NCC3CCCO3)c(C)c2Oc2ccccc2[N+](=O)[O-])cc1. The molecule has 0 aliphatic carbocycles. The highest BCUT2D eigenvalue weighted by Gasteiger charge is 2.26. The van der Waals surface area contributed by atoms with Gasteiger partial charge in [-0.2, -0.15) is 9.78 Å².